The third kappa shape index (κ3) is 2.39. The van der Waals surface area contributed by atoms with Gasteiger partial charge in [-0.15, -0.1) is 0 Å². The van der Waals surface area contributed by atoms with Crippen LogP contribution in [0.3, 0.4) is 0 Å². The number of hydrogen-bond donors (Lipinski definition) is 0. The number of fused-ring (bicyclic) bond motifs is 1. The number of carbonyl (C=O) groups excluding carboxylic acids is 2. The highest BCUT2D eigenvalue weighted by Gasteiger charge is 2.78. The Balaban J connectivity index is 2.01. The van der Waals surface area contributed by atoms with Gasteiger partial charge in [0.1, 0.15) is 0 Å². The van der Waals surface area contributed by atoms with Crippen molar-refractivity contribution in [1.29, 1.82) is 0 Å². The molecule has 1 saturated carbocycles. The molecule has 3 rings (SSSR count). The van der Waals surface area contributed by atoms with E-state index in [0.717, 1.165) is 19.3 Å². The van der Waals surface area contributed by atoms with Crippen LogP contribution >= 0.6 is 0 Å². The first-order chi connectivity index (χ1) is 12.1. The Morgan fingerprint density at radius 1 is 1.15 bits per heavy atom. The number of hydrogen-bond acceptors (Lipinski definition) is 4. The largest absolute Gasteiger partial charge is 0.318 e. The van der Waals surface area contributed by atoms with E-state index >= 15 is 0 Å². The fourth-order valence-corrected chi connectivity index (χ4v) is 4.90. The Labute approximate surface area is 153 Å². The number of carbonyl (C=O) groups is 2. The zero-order chi connectivity index (χ0) is 19.3. The molecule has 0 aromatic heterocycles. The molecule has 138 valence electrons. The summed E-state index contributed by atoms with van der Waals surface area (Å²) in [6.45, 7) is 7.85. The van der Waals surface area contributed by atoms with Crippen molar-refractivity contribution in [3.8, 4) is 0 Å². The van der Waals surface area contributed by atoms with Crippen LogP contribution in [0.25, 0.3) is 0 Å². The van der Waals surface area contributed by atoms with Crippen molar-refractivity contribution < 1.29 is 14.5 Å². The van der Waals surface area contributed by atoms with E-state index in [9.17, 15) is 19.7 Å². The van der Waals surface area contributed by atoms with Crippen LogP contribution in [0, 0.1) is 15.5 Å². The Bertz CT molecular complexity index is 812. The summed E-state index contributed by atoms with van der Waals surface area (Å²) >= 11 is 0. The number of amides is 1. The van der Waals surface area contributed by atoms with Gasteiger partial charge in [0.25, 0.3) is 11.6 Å². The summed E-state index contributed by atoms with van der Waals surface area (Å²) in [4.78, 5) is 37.0. The highest BCUT2D eigenvalue weighted by Crippen LogP contribution is 2.68. The highest BCUT2D eigenvalue weighted by molar-refractivity contribution is 5.99. The number of non-ortho nitro benzene ring substituents is 1. The van der Waals surface area contributed by atoms with Gasteiger partial charge in [-0.1, -0.05) is 26.3 Å². The van der Waals surface area contributed by atoms with Crippen molar-refractivity contribution in [2.75, 3.05) is 0 Å². The summed E-state index contributed by atoms with van der Waals surface area (Å²) < 4.78 is 0. The molecule has 1 heterocycles. The van der Waals surface area contributed by atoms with E-state index in [2.05, 4.69) is 20.8 Å². The lowest BCUT2D eigenvalue weighted by Crippen LogP contribution is -2.42. The molecule has 1 aromatic rings. The molecule has 0 N–H and O–H groups in total. The van der Waals surface area contributed by atoms with Gasteiger partial charge in [0, 0.05) is 17.7 Å². The number of nitro benzene ring substituents is 1. The fraction of sp³-hybridized carbons (Fsp3) is 0.500. The molecular weight excluding hydrogens is 332 g/mol. The maximum absolute atomic E-state index is 13.2. The minimum atomic E-state index is -0.511. The van der Waals surface area contributed by atoms with E-state index in [1.807, 2.05) is 11.0 Å². The van der Waals surface area contributed by atoms with Crippen LogP contribution in [0.4, 0.5) is 5.69 Å². The van der Waals surface area contributed by atoms with Gasteiger partial charge >= 0.3 is 0 Å². The Hall–Kier alpha value is -2.50. The standard InChI is InChI=1S/C20H24N2O4/c1-14(23)10-13-20-18(2,3)11-5-12-19(20,4)21(20)17(24)15-6-8-16(9-7-15)22(25)26/h6-10,13H,5,11-12H2,1-4H3/b13-10+/t19-,20+,21?/m1/s1. The lowest BCUT2D eigenvalue weighted by molar-refractivity contribution is -0.384. The van der Waals surface area contributed by atoms with Gasteiger partial charge in [-0.05, 0) is 50.3 Å². The highest BCUT2D eigenvalue weighted by atomic mass is 16.6. The molecular formula is C20H24N2O4. The molecule has 1 amide bonds. The first-order valence-corrected chi connectivity index (χ1v) is 8.86. The summed E-state index contributed by atoms with van der Waals surface area (Å²) in [5.41, 5.74) is -0.634. The van der Waals surface area contributed by atoms with Crippen LogP contribution in [-0.2, 0) is 4.79 Å². The molecule has 1 aliphatic heterocycles. The normalized spacial score (nSPS) is 29.3. The maximum atomic E-state index is 13.2. The van der Waals surface area contributed by atoms with E-state index in [-0.39, 0.29) is 28.3 Å². The lowest BCUT2D eigenvalue weighted by atomic mass is 9.64. The molecule has 0 spiro atoms. The monoisotopic (exact) mass is 356 g/mol. The number of allylic oxidation sites excluding steroid dienone is 1. The molecule has 0 bridgehead atoms. The van der Waals surface area contributed by atoms with E-state index in [1.165, 1.54) is 31.2 Å². The third-order valence-electron chi connectivity index (χ3n) is 6.20. The zero-order valence-corrected chi connectivity index (χ0v) is 15.6. The van der Waals surface area contributed by atoms with Crippen LogP contribution < -0.4 is 0 Å². The maximum Gasteiger partial charge on any atom is 0.269 e. The number of ketones is 1. The number of likely N-dealkylation sites (tertiary alicyclic amines) is 1. The predicted octanol–water partition coefficient (Wildman–Crippen LogP) is 3.90. The number of rotatable bonds is 4. The molecule has 2 aliphatic rings. The molecule has 2 atom stereocenters. The summed E-state index contributed by atoms with van der Waals surface area (Å²) in [6.07, 6.45) is 6.32. The van der Waals surface area contributed by atoms with Gasteiger partial charge in [-0.3, -0.25) is 19.7 Å². The summed E-state index contributed by atoms with van der Waals surface area (Å²) in [5, 5.41) is 10.8. The van der Waals surface area contributed by atoms with Gasteiger partial charge < -0.3 is 4.90 Å². The minimum Gasteiger partial charge on any atom is -0.318 e. The lowest BCUT2D eigenvalue weighted by Gasteiger charge is -2.38. The second-order valence-corrected chi connectivity index (χ2v) is 8.17. The van der Waals surface area contributed by atoms with E-state index in [4.69, 9.17) is 0 Å². The second kappa shape index (κ2) is 5.76. The zero-order valence-electron chi connectivity index (χ0n) is 15.6. The van der Waals surface area contributed by atoms with Crippen LogP contribution in [0.1, 0.15) is 57.3 Å². The van der Waals surface area contributed by atoms with Gasteiger partial charge in [-0.25, -0.2) is 0 Å². The van der Waals surface area contributed by atoms with E-state index < -0.39 is 10.5 Å². The summed E-state index contributed by atoms with van der Waals surface area (Å²) in [6, 6.07) is 5.71. The minimum absolute atomic E-state index is 0.0394. The fourth-order valence-electron chi connectivity index (χ4n) is 4.90. The summed E-state index contributed by atoms with van der Waals surface area (Å²) in [7, 11) is 0. The molecule has 26 heavy (non-hydrogen) atoms. The number of benzene rings is 1. The molecule has 2 fully saturated rings. The molecule has 1 aromatic carbocycles. The molecule has 1 saturated heterocycles. The quantitative estimate of drug-likeness (QED) is 0.355. The molecule has 6 nitrogen and oxygen atoms in total. The SMILES string of the molecule is CC(=O)/C=C/[C@@]12N(C(=O)c3ccc([N+](=O)[O-])cc3)[C@]1(C)CCCC2(C)C. The van der Waals surface area contributed by atoms with Crippen LogP contribution in [-0.4, -0.2) is 32.6 Å². The topological polar surface area (TPSA) is 80.3 Å². The van der Waals surface area contributed by atoms with Crippen LogP contribution in [0.5, 0.6) is 0 Å². The van der Waals surface area contributed by atoms with Crippen LogP contribution in [0.15, 0.2) is 36.4 Å². The Morgan fingerprint density at radius 2 is 1.77 bits per heavy atom. The van der Waals surface area contributed by atoms with E-state index in [0.29, 0.717) is 5.56 Å². The third-order valence-corrected chi connectivity index (χ3v) is 6.20. The van der Waals surface area contributed by atoms with Crippen molar-refractivity contribution in [2.45, 2.75) is 58.0 Å². The summed E-state index contributed by atoms with van der Waals surface area (Å²) in [5.74, 6) is -0.191. The second-order valence-electron chi connectivity index (χ2n) is 8.17. The predicted molar refractivity (Wildman–Crippen MR) is 97.9 cm³/mol. The van der Waals surface area contributed by atoms with Crippen molar-refractivity contribution in [3.63, 3.8) is 0 Å². The molecule has 0 unspecified atom stereocenters. The van der Waals surface area contributed by atoms with Crippen LogP contribution in [0.2, 0.25) is 0 Å². The number of nitro groups is 1. The van der Waals surface area contributed by atoms with Crippen molar-refractivity contribution >= 4 is 17.4 Å². The van der Waals surface area contributed by atoms with Gasteiger partial charge in [-0.2, -0.15) is 0 Å². The average molecular weight is 356 g/mol. The van der Waals surface area contributed by atoms with Gasteiger partial charge in [0.05, 0.1) is 16.0 Å². The molecule has 6 heteroatoms. The smallest absolute Gasteiger partial charge is 0.269 e. The Morgan fingerprint density at radius 3 is 2.31 bits per heavy atom. The molecule has 0 radical (unpaired) electrons. The van der Waals surface area contributed by atoms with Gasteiger partial charge in [0.2, 0.25) is 0 Å². The van der Waals surface area contributed by atoms with E-state index in [1.54, 1.807) is 6.08 Å². The van der Waals surface area contributed by atoms with Crippen molar-refractivity contribution in [1.82, 2.24) is 4.90 Å². The molecule has 1 aliphatic carbocycles. The van der Waals surface area contributed by atoms with Crippen molar-refractivity contribution in [3.05, 3.63) is 52.1 Å². The first-order valence-electron chi connectivity index (χ1n) is 8.86. The first kappa shape index (κ1) is 18.3. The van der Waals surface area contributed by atoms with Gasteiger partial charge in [0.15, 0.2) is 5.78 Å². The average Bonchev–Trinajstić information content (AvgIpc) is 3.13. The number of nitrogens with zero attached hydrogens (tertiary/aromatic N) is 2. The van der Waals surface area contributed by atoms with Crippen molar-refractivity contribution in [2.24, 2.45) is 5.41 Å². The Kier molecular flexibility index (Phi) is 4.05.